The van der Waals surface area contributed by atoms with Gasteiger partial charge in [-0.15, -0.1) is 0 Å². The van der Waals surface area contributed by atoms with Crippen LogP contribution < -0.4 is 0 Å². The minimum absolute atomic E-state index is 1.15. The zero-order valence-corrected chi connectivity index (χ0v) is 17.0. The Morgan fingerprint density at radius 2 is 0.909 bits per heavy atom. The fraction of sp³-hybridized carbons (Fsp3) is 1.00. The standard InChI is InChI=1S/C20H43NSi/c1-4-6-8-10-11-12-13-15-18-21(3,19-16-20-22)17-14-9-7-5-2/h4-20H2,1-3H3/q+1. The molecule has 0 aromatic carbocycles. The highest BCUT2D eigenvalue weighted by molar-refractivity contribution is 6.08. The largest absolute Gasteiger partial charge is 0.326 e. The third-order valence-corrected chi connectivity index (χ3v) is 5.33. The maximum atomic E-state index is 3.66. The Kier molecular flexibility index (Phi) is 16.2. The molecule has 131 valence electrons. The van der Waals surface area contributed by atoms with Crippen molar-refractivity contribution in [1.29, 1.82) is 0 Å². The lowest BCUT2D eigenvalue weighted by molar-refractivity contribution is -0.910. The lowest BCUT2D eigenvalue weighted by Crippen LogP contribution is -2.46. The van der Waals surface area contributed by atoms with E-state index in [1.165, 1.54) is 108 Å². The van der Waals surface area contributed by atoms with Crippen molar-refractivity contribution in [3.05, 3.63) is 0 Å². The Balaban J connectivity index is 3.77. The normalized spacial score (nSPS) is 14.2. The second-order valence-corrected chi connectivity index (χ2v) is 7.93. The quantitative estimate of drug-likeness (QED) is 0.171. The number of quaternary nitrogens is 1. The van der Waals surface area contributed by atoms with Crippen molar-refractivity contribution in [2.24, 2.45) is 0 Å². The van der Waals surface area contributed by atoms with Crippen LogP contribution in [0, 0.1) is 0 Å². The molecular weight excluding hydrogens is 282 g/mol. The summed E-state index contributed by atoms with van der Waals surface area (Å²) < 4.78 is 1.31. The molecule has 22 heavy (non-hydrogen) atoms. The van der Waals surface area contributed by atoms with Crippen LogP contribution in [0.25, 0.3) is 0 Å². The number of hydrogen-bond donors (Lipinski definition) is 0. The molecule has 1 atom stereocenters. The van der Waals surface area contributed by atoms with Gasteiger partial charge in [0.25, 0.3) is 0 Å². The van der Waals surface area contributed by atoms with Gasteiger partial charge in [0.1, 0.15) is 0 Å². The molecule has 1 nitrogen and oxygen atoms in total. The molecule has 0 aromatic heterocycles. The summed E-state index contributed by atoms with van der Waals surface area (Å²) in [6.45, 7) is 8.74. The number of nitrogens with zero attached hydrogens (tertiary/aromatic N) is 1. The van der Waals surface area contributed by atoms with E-state index in [2.05, 4.69) is 31.1 Å². The highest BCUT2D eigenvalue weighted by atomic mass is 28.1. The lowest BCUT2D eigenvalue weighted by Gasteiger charge is -2.35. The van der Waals surface area contributed by atoms with Crippen LogP contribution in [0.3, 0.4) is 0 Å². The fourth-order valence-electron chi connectivity index (χ4n) is 3.34. The molecule has 0 aromatic rings. The Bertz CT molecular complexity index is 220. The zero-order chi connectivity index (χ0) is 16.5. The minimum Gasteiger partial charge on any atom is -0.326 e. The van der Waals surface area contributed by atoms with Crippen molar-refractivity contribution < 1.29 is 4.48 Å². The first kappa shape index (κ1) is 22.2. The topological polar surface area (TPSA) is 0 Å². The van der Waals surface area contributed by atoms with Gasteiger partial charge in [-0.3, -0.25) is 0 Å². The highest BCUT2D eigenvalue weighted by Gasteiger charge is 2.19. The van der Waals surface area contributed by atoms with Gasteiger partial charge in [-0.2, -0.15) is 0 Å². The van der Waals surface area contributed by atoms with E-state index >= 15 is 0 Å². The Hall–Kier alpha value is 0.177. The van der Waals surface area contributed by atoms with Gasteiger partial charge in [0.05, 0.1) is 26.7 Å². The van der Waals surface area contributed by atoms with Gasteiger partial charge in [-0.1, -0.05) is 71.3 Å². The molecule has 0 saturated heterocycles. The van der Waals surface area contributed by atoms with Crippen LogP contribution in [-0.2, 0) is 0 Å². The van der Waals surface area contributed by atoms with Crippen LogP contribution >= 0.6 is 0 Å². The molecule has 0 aliphatic carbocycles. The Morgan fingerprint density at radius 3 is 1.36 bits per heavy atom. The summed E-state index contributed by atoms with van der Waals surface area (Å²) >= 11 is 0. The molecule has 3 radical (unpaired) electrons. The zero-order valence-electron chi connectivity index (χ0n) is 16.0. The molecule has 0 N–H and O–H groups in total. The van der Waals surface area contributed by atoms with E-state index in [1.807, 2.05) is 0 Å². The summed E-state index contributed by atoms with van der Waals surface area (Å²) in [6, 6.07) is 1.15. The van der Waals surface area contributed by atoms with Crippen LogP contribution in [0.2, 0.25) is 6.04 Å². The van der Waals surface area contributed by atoms with E-state index in [4.69, 9.17) is 0 Å². The molecule has 0 spiro atoms. The molecule has 1 unspecified atom stereocenters. The van der Waals surface area contributed by atoms with Crippen molar-refractivity contribution in [2.75, 3.05) is 26.7 Å². The number of hydrogen-bond acceptors (Lipinski definition) is 0. The lowest BCUT2D eigenvalue weighted by atomic mass is 10.1. The van der Waals surface area contributed by atoms with Gasteiger partial charge in [0.2, 0.25) is 0 Å². The smallest absolute Gasteiger partial charge is 0.0784 e. The fourth-order valence-corrected chi connectivity index (χ4v) is 3.50. The van der Waals surface area contributed by atoms with Crippen LogP contribution in [0.1, 0.15) is 97.3 Å². The summed E-state index contributed by atoms with van der Waals surface area (Å²) in [5.74, 6) is 0. The second kappa shape index (κ2) is 16.0. The molecule has 0 aliphatic rings. The molecule has 0 saturated carbocycles. The van der Waals surface area contributed by atoms with E-state index in [1.54, 1.807) is 0 Å². The van der Waals surface area contributed by atoms with Crippen molar-refractivity contribution >= 4 is 10.2 Å². The molecule has 2 heteroatoms. The first-order valence-corrected chi connectivity index (χ1v) is 10.9. The molecule has 0 fully saturated rings. The molecule has 0 rings (SSSR count). The highest BCUT2D eigenvalue weighted by Crippen LogP contribution is 2.14. The van der Waals surface area contributed by atoms with Crippen LogP contribution in [0.5, 0.6) is 0 Å². The van der Waals surface area contributed by atoms with Crippen molar-refractivity contribution in [1.82, 2.24) is 0 Å². The van der Waals surface area contributed by atoms with Gasteiger partial charge in [-0.25, -0.2) is 0 Å². The van der Waals surface area contributed by atoms with E-state index in [0.717, 1.165) is 6.04 Å². The second-order valence-electron chi connectivity index (χ2n) is 7.43. The Labute approximate surface area is 145 Å². The third-order valence-electron chi connectivity index (χ3n) is 4.98. The monoisotopic (exact) mass is 325 g/mol. The predicted molar refractivity (Wildman–Crippen MR) is 103 cm³/mol. The summed E-state index contributed by atoms with van der Waals surface area (Å²) in [5.41, 5.74) is 0. The van der Waals surface area contributed by atoms with Gasteiger partial charge in [0.15, 0.2) is 0 Å². The summed E-state index contributed by atoms with van der Waals surface area (Å²) in [5, 5.41) is 0. The molecule has 0 bridgehead atoms. The maximum absolute atomic E-state index is 3.66. The van der Waals surface area contributed by atoms with Gasteiger partial charge < -0.3 is 4.48 Å². The minimum atomic E-state index is 1.15. The SMILES string of the molecule is CCCCCCCCCC[N+](C)(CCC[Si])CCCCCC. The summed E-state index contributed by atoms with van der Waals surface area (Å²) in [7, 11) is 6.15. The van der Waals surface area contributed by atoms with Crippen LogP contribution in [0.4, 0.5) is 0 Å². The Morgan fingerprint density at radius 1 is 0.545 bits per heavy atom. The molecule has 0 amide bonds. The number of unbranched alkanes of at least 4 members (excludes halogenated alkanes) is 10. The van der Waals surface area contributed by atoms with E-state index in [9.17, 15) is 0 Å². The van der Waals surface area contributed by atoms with Gasteiger partial charge >= 0.3 is 0 Å². The predicted octanol–water partition coefficient (Wildman–Crippen LogP) is 6.13. The average molecular weight is 326 g/mol. The summed E-state index contributed by atoms with van der Waals surface area (Å²) in [4.78, 5) is 0. The van der Waals surface area contributed by atoms with E-state index < -0.39 is 0 Å². The molecular formula is C20H43NSi+. The van der Waals surface area contributed by atoms with Crippen molar-refractivity contribution in [3.8, 4) is 0 Å². The van der Waals surface area contributed by atoms with Crippen LogP contribution in [-0.4, -0.2) is 41.4 Å². The van der Waals surface area contributed by atoms with Crippen molar-refractivity contribution in [2.45, 2.75) is 103 Å². The average Bonchev–Trinajstić information content (AvgIpc) is 2.52. The first-order chi connectivity index (χ1) is 10.7. The first-order valence-electron chi connectivity index (χ1n) is 10.2. The molecule has 0 heterocycles. The third kappa shape index (κ3) is 13.8. The maximum Gasteiger partial charge on any atom is 0.0784 e. The number of rotatable bonds is 17. The van der Waals surface area contributed by atoms with E-state index in [-0.39, 0.29) is 0 Å². The van der Waals surface area contributed by atoms with Gasteiger partial charge in [0, 0.05) is 10.2 Å². The summed E-state index contributed by atoms with van der Waals surface area (Å²) in [6.07, 6.45) is 18.4. The van der Waals surface area contributed by atoms with Gasteiger partial charge in [-0.05, 0) is 32.1 Å². The van der Waals surface area contributed by atoms with Crippen LogP contribution in [0.15, 0.2) is 0 Å². The molecule has 0 aliphatic heterocycles. The van der Waals surface area contributed by atoms with Crippen molar-refractivity contribution in [3.63, 3.8) is 0 Å². The van der Waals surface area contributed by atoms with E-state index in [0.29, 0.717) is 0 Å².